The maximum absolute atomic E-state index is 13.0. The van der Waals surface area contributed by atoms with Gasteiger partial charge in [0.05, 0.1) is 11.1 Å². The van der Waals surface area contributed by atoms with Crippen LogP contribution in [0.5, 0.6) is 0 Å². The molecule has 3 aromatic carbocycles. The van der Waals surface area contributed by atoms with Gasteiger partial charge in [-0.25, -0.2) is 4.98 Å². The van der Waals surface area contributed by atoms with Crippen molar-refractivity contribution in [3.05, 3.63) is 102 Å². The van der Waals surface area contributed by atoms with E-state index in [2.05, 4.69) is 36.6 Å². The zero-order chi connectivity index (χ0) is 20.9. The summed E-state index contributed by atoms with van der Waals surface area (Å²) in [5, 5.41) is 7.20. The second-order valence-corrected chi connectivity index (χ2v) is 7.64. The first-order valence-corrected chi connectivity index (χ1v) is 10.2. The summed E-state index contributed by atoms with van der Waals surface area (Å²) in [5.74, 6) is 1.02. The number of fused-ring (bicyclic) bond motifs is 1. The normalized spacial score (nSPS) is 10.9. The van der Waals surface area contributed by atoms with Gasteiger partial charge in [0.15, 0.2) is 0 Å². The zero-order valence-corrected chi connectivity index (χ0v) is 17.2. The maximum Gasteiger partial charge on any atom is 0.252 e. The number of carbonyl (C=O) groups is 1. The molecule has 0 saturated heterocycles. The van der Waals surface area contributed by atoms with Crippen LogP contribution in [0.25, 0.3) is 10.9 Å². The number of aromatic nitrogens is 1. The third-order valence-corrected chi connectivity index (χ3v) is 5.11. The highest BCUT2D eigenvalue weighted by atomic mass is 16.1. The third kappa shape index (κ3) is 4.49. The summed E-state index contributed by atoms with van der Waals surface area (Å²) in [6.45, 7) is 4.83. The van der Waals surface area contributed by atoms with Crippen molar-refractivity contribution in [1.29, 1.82) is 0 Å². The minimum Gasteiger partial charge on any atom is -0.348 e. The molecule has 0 fully saturated rings. The van der Waals surface area contributed by atoms with Crippen molar-refractivity contribution in [3.63, 3.8) is 0 Å². The monoisotopic (exact) mass is 395 g/mol. The molecule has 0 radical (unpaired) electrons. The number of rotatable bonds is 6. The van der Waals surface area contributed by atoms with Crippen LogP contribution in [0.1, 0.15) is 41.3 Å². The summed E-state index contributed by atoms with van der Waals surface area (Å²) >= 11 is 0. The van der Waals surface area contributed by atoms with E-state index in [0.29, 0.717) is 23.8 Å². The number of hydrogen-bond donors (Lipinski definition) is 2. The van der Waals surface area contributed by atoms with Crippen LogP contribution in [0, 0.1) is 0 Å². The van der Waals surface area contributed by atoms with E-state index in [1.807, 2.05) is 72.8 Å². The molecule has 0 aliphatic rings. The Balaban J connectivity index is 1.61. The van der Waals surface area contributed by atoms with Crippen molar-refractivity contribution in [2.24, 2.45) is 0 Å². The number of anilines is 2. The Morgan fingerprint density at radius 2 is 1.60 bits per heavy atom. The number of pyridine rings is 1. The molecule has 0 saturated carbocycles. The molecule has 0 atom stereocenters. The second-order valence-electron chi connectivity index (χ2n) is 7.64. The van der Waals surface area contributed by atoms with Crippen LogP contribution < -0.4 is 10.6 Å². The Morgan fingerprint density at radius 3 is 2.33 bits per heavy atom. The lowest BCUT2D eigenvalue weighted by Crippen LogP contribution is -2.23. The minimum atomic E-state index is -0.115. The summed E-state index contributed by atoms with van der Waals surface area (Å²) in [6, 6.07) is 27.7. The van der Waals surface area contributed by atoms with Crippen LogP contribution in [0.3, 0.4) is 0 Å². The van der Waals surface area contributed by atoms with Crippen molar-refractivity contribution < 1.29 is 4.79 Å². The Morgan fingerprint density at radius 1 is 0.900 bits per heavy atom. The molecule has 0 spiro atoms. The molecule has 4 heteroatoms. The molecule has 30 heavy (non-hydrogen) atoms. The highest BCUT2D eigenvalue weighted by molar-refractivity contribution is 6.07. The van der Waals surface area contributed by atoms with E-state index in [-0.39, 0.29) is 5.91 Å². The topological polar surface area (TPSA) is 54.0 Å². The van der Waals surface area contributed by atoms with Crippen LogP contribution in [0.2, 0.25) is 0 Å². The Hall–Kier alpha value is -3.66. The Bertz CT molecular complexity index is 1150. The maximum atomic E-state index is 13.0. The van der Waals surface area contributed by atoms with Crippen molar-refractivity contribution in [3.8, 4) is 0 Å². The van der Waals surface area contributed by atoms with Gasteiger partial charge >= 0.3 is 0 Å². The van der Waals surface area contributed by atoms with Gasteiger partial charge in [-0.3, -0.25) is 4.79 Å². The van der Waals surface area contributed by atoms with Gasteiger partial charge < -0.3 is 10.6 Å². The molecule has 4 nitrogen and oxygen atoms in total. The first kappa shape index (κ1) is 19.6. The van der Waals surface area contributed by atoms with E-state index in [1.54, 1.807) is 0 Å². The predicted molar refractivity (Wildman–Crippen MR) is 123 cm³/mol. The third-order valence-electron chi connectivity index (χ3n) is 5.11. The summed E-state index contributed by atoms with van der Waals surface area (Å²) in [5.41, 5.74) is 4.68. The summed E-state index contributed by atoms with van der Waals surface area (Å²) < 4.78 is 0. The quantitative estimate of drug-likeness (QED) is 0.419. The fraction of sp³-hybridized carbons (Fsp3) is 0.154. The Labute approximate surface area is 177 Å². The molecule has 4 rings (SSSR count). The molecular formula is C26H25N3O. The fourth-order valence-electron chi connectivity index (χ4n) is 3.40. The van der Waals surface area contributed by atoms with Gasteiger partial charge in [0.1, 0.15) is 5.82 Å². The van der Waals surface area contributed by atoms with Gasteiger partial charge in [-0.05, 0) is 41.3 Å². The number of hydrogen-bond acceptors (Lipinski definition) is 3. The average molecular weight is 396 g/mol. The number of para-hydroxylation sites is 1. The highest BCUT2D eigenvalue weighted by Crippen LogP contribution is 2.24. The molecule has 0 aliphatic carbocycles. The van der Waals surface area contributed by atoms with Crippen molar-refractivity contribution in [2.45, 2.75) is 26.3 Å². The van der Waals surface area contributed by atoms with Crippen LogP contribution in [0.4, 0.5) is 11.5 Å². The van der Waals surface area contributed by atoms with Crippen molar-refractivity contribution in [2.75, 3.05) is 5.32 Å². The number of benzene rings is 3. The number of carbonyl (C=O) groups excluding carboxylic acids is 1. The van der Waals surface area contributed by atoms with Crippen molar-refractivity contribution in [1.82, 2.24) is 10.3 Å². The standard InChI is InChI=1S/C26H25N3O/c1-18(2)20-12-14-21(15-13-20)28-25-16-23(22-10-6-7-11-24(22)29-25)26(30)27-17-19-8-4-3-5-9-19/h3-16,18H,17H2,1-2H3,(H,27,30)(H,28,29). The van der Waals surface area contributed by atoms with E-state index in [0.717, 1.165) is 22.2 Å². The van der Waals surface area contributed by atoms with Crippen LogP contribution >= 0.6 is 0 Å². The predicted octanol–water partition coefficient (Wildman–Crippen LogP) is 6.03. The second kappa shape index (κ2) is 8.78. The van der Waals surface area contributed by atoms with Crippen LogP contribution in [-0.4, -0.2) is 10.9 Å². The fourth-order valence-corrected chi connectivity index (χ4v) is 3.40. The van der Waals surface area contributed by atoms with Gasteiger partial charge in [-0.1, -0.05) is 74.5 Å². The lowest BCUT2D eigenvalue weighted by atomic mass is 10.0. The Kier molecular flexibility index (Phi) is 5.75. The molecular weight excluding hydrogens is 370 g/mol. The van der Waals surface area contributed by atoms with Gasteiger partial charge in [0, 0.05) is 17.6 Å². The van der Waals surface area contributed by atoms with Gasteiger partial charge in [-0.2, -0.15) is 0 Å². The van der Waals surface area contributed by atoms with E-state index in [4.69, 9.17) is 4.98 Å². The highest BCUT2D eigenvalue weighted by Gasteiger charge is 2.13. The van der Waals surface area contributed by atoms with E-state index < -0.39 is 0 Å². The average Bonchev–Trinajstić information content (AvgIpc) is 2.78. The van der Waals surface area contributed by atoms with Gasteiger partial charge in [0.2, 0.25) is 0 Å². The molecule has 4 aromatic rings. The van der Waals surface area contributed by atoms with E-state index in [9.17, 15) is 4.79 Å². The largest absolute Gasteiger partial charge is 0.348 e. The van der Waals surface area contributed by atoms with Crippen LogP contribution in [0.15, 0.2) is 84.9 Å². The smallest absolute Gasteiger partial charge is 0.252 e. The first-order valence-electron chi connectivity index (χ1n) is 10.2. The molecule has 150 valence electrons. The lowest BCUT2D eigenvalue weighted by Gasteiger charge is -2.13. The van der Waals surface area contributed by atoms with Gasteiger partial charge in [0.25, 0.3) is 5.91 Å². The minimum absolute atomic E-state index is 0.115. The molecule has 1 heterocycles. The summed E-state index contributed by atoms with van der Waals surface area (Å²) in [7, 11) is 0. The lowest BCUT2D eigenvalue weighted by molar-refractivity contribution is 0.0952. The molecule has 0 aliphatic heterocycles. The molecule has 0 unspecified atom stereocenters. The number of nitrogens with one attached hydrogen (secondary N) is 2. The number of nitrogens with zero attached hydrogens (tertiary/aromatic N) is 1. The van der Waals surface area contributed by atoms with E-state index in [1.165, 1.54) is 5.56 Å². The first-order chi connectivity index (χ1) is 14.6. The molecule has 2 N–H and O–H groups in total. The summed E-state index contributed by atoms with van der Waals surface area (Å²) in [4.78, 5) is 17.7. The molecule has 0 bridgehead atoms. The summed E-state index contributed by atoms with van der Waals surface area (Å²) in [6.07, 6.45) is 0. The number of amides is 1. The molecule has 1 aromatic heterocycles. The molecule has 1 amide bonds. The van der Waals surface area contributed by atoms with Gasteiger partial charge in [-0.15, -0.1) is 0 Å². The SMILES string of the molecule is CC(C)c1ccc(Nc2cc(C(=O)NCc3ccccc3)c3ccccc3n2)cc1. The van der Waals surface area contributed by atoms with Crippen molar-refractivity contribution >= 4 is 28.3 Å². The van der Waals surface area contributed by atoms with E-state index >= 15 is 0 Å². The van der Waals surface area contributed by atoms with Crippen LogP contribution in [-0.2, 0) is 6.54 Å². The zero-order valence-electron chi connectivity index (χ0n) is 17.2.